The second kappa shape index (κ2) is 17.9. The zero-order chi connectivity index (χ0) is 45.3. The van der Waals surface area contributed by atoms with E-state index in [1.54, 1.807) is 59.5 Å². The van der Waals surface area contributed by atoms with Crippen LogP contribution in [0.15, 0.2) is 72.9 Å². The second-order valence-corrected chi connectivity index (χ2v) is 16.7. The smallest absolute Gasteiger partial charge is 0.330 e. The molecule has 4 aromatic rings. The number of nitrogens with one attached hydrogen (secondary N) is 3. The van der Waals surface area contributed by atoms with Gasteiger partial charge in [0.15, 0.2) is 11.4 Å². The standard InChI is InChI=1S/C46H43ClN6O11/c47-29-12-11-27-23-46(45(62)63,24-28(27)22-29)51-42(59)38-39(56)31(15-18-48-38)25-7-9-26(10-8-25)40(57)49-30-16-19-52(20-17-30)36(55)6-1-2-21-64-34-5-3-4-32-37(34)44(61)53(43(32)60)33-13-14-35(54)50-41(33)58/h3-5,7-12,15,18,22,30,33,56H,1-2,6,13-14,16-17,19-21,23-24H2,(H,49,57)(H,51,59)(H,62,63)(H,50,54,58). The van der Waals surface area contributed by atoms with Crippen molar-refractivity contribution in [3.8, 4) is 22.6 Å². The number of ether oxygens (including phenoxy) is 1. The number of carbonyl (C=O) groups excluding carboxylic acids is 7. The maximum atomic E-state index is 13.4. The Kier molecular flexibility index (Phi) is 12.2. The molecular formula is C46H43ClN6O11. The van der Waals surface area contributed by atoms with Gasteiger partial charge in [0.1, 0.15) is 17.3 Å². The number of halogens is 1. The van der Waals surface area contributed by atoms with Gasteiger partial charge in [-0.05, 0) is 91.3 Å². The largest absolute Gasteiger partial charge is 0.505 e. The van der Waals surface area contributed by atoms with Gasteiger partial charge in [-0.15, -0.1) is 0 Å². The number of fused-ring (bicyclic) bond motifs is 2. The zero-order valence-electron chi connectivity index (χ0n) is 34.4. The number of aliphatic carboxylic acids is 1. The lowest BCUT2D eigenvalue weighted by atomic mass is 9.95. The molecule has 2 fully saturated rings. The molecule has 3 aromatic carbocycles. The highest BCUT2D eigenvalue weighted by molar-refractivity contribution is 6.30. The molecule has 3 aliphatic heterocycles. The van der Waals surface area contributed by atoms with Crippen LogP contribution in [-0.2, 0) is 32.0 Å². The third kappa shape index (κ3) is 8.62. The molecule has 17 nitrogen and oxygen atoms in total. The summed E-state index contributed by atoms with van der Waals surface area (Å²) < 4.78 is 5.88. The van der Waals surface area contributed by atoms with Crippen LogP contribution in [0.3, 0.4) is 0 Å². The highest BCUT2D eigenvalue weighted by atomic mass is 35.5. The van der Waals surface area contributed by atoms with Crippen molar-refractivity contribution in [1.29, 1.82) is 0 Å². The van der Waals surface area contributed by atoms with E-state index < -0.39 is 52.8 Å². The van der Waals surface area contributed by atoms with Crippen molar-refractivity contribution in [3.05, 3.63) is 111 Å². The summed E-state index contributed by atoms with van der Waals surface area (Å²) in [5.41, 5.74) is 0.766. The minimum absolute atomic E-state index is 0.0115. The minimum Gasteiger partial charge on any atom is -0.505 e. The normalized spacial score (nSPS) is 19.5. The van der Waals surface area contributed by atoms with Crippen LogP contribution in [0.5, 0.6) is 11.5 Å². The first kappa shape index (κ1) is 43.5. The van der Waals surface area contributed by atoms with Crippen molar-refractivity contribution in [3.63, 3.8) is 0 Å². The van der Waals surface area contributed by atoms with Crippen molar-refractivity contribution in [1.82, 2.24) is 30.7 Å². The van der Waals surface area contributed by atoms with Crippen LogP contribution < -0.4 is 20.7 Å². The van der Waals surface area contributed by atoms with Gasteiger partial charge < -0.3 is 30.5 Å². The summed E-state index contributed by atoms with van der Waals surface area (Å²) in [7, 11) is 0. The Morgan fingerprint density at radius 1 is 0.875 bits per heavy atom. The fourth-order valence-electron chi connectivity index (χ4n) is 8.73. The molecule has 1 aliphatic carbocycles. The molecule has 64 heavy (non-hydrogen) atoms. The van der Waals surface area contributed by atoms with Crippen molar-refractivity contribution in [2.75, 3.05) is 19.7 Å². The quantitative estimate of drug-likeness (QED) is 0.0951. The average molecular weight is 891 g/mol. The predicted molar refractivity (Wildman–Crippen MR) is 228 cm³/mol. The summed E-state index contributed by atoms with van der Waals surface area (Å²) in [6, 6.07) is 16.4. The van der Waals surface area contributed by atoms with E-state index in [4.69, 9.17) is 16.3 Å². The average Bonchev–Trinajstić information content (AvgIpc) is 3.77. The maximum Gasteiger partial charge on any atom is 0.330 e. The van der Waals surface area contributed by atoms with Crippen LogP contribution in [0.2, 0.25) is 5.02 Å². The Balaban J connectivity index is 0.780. The van der Waals surface area contributed by atoms with E-state index in [1.807, 2.05) is 0 Å². The number of carboxylic acids is 1. The van der Waals surface area contributed by atoms with E-state index in [0.717, 1.165) is 10.5 Å². The number of hydrogen-bond acceptors (Lipinski definition) is 11. The van der Waals surface area contributed by atoms with Gasteiger partial charge in [-0.2, -0.15) is 0 Å². The Morgan fingerprint density at radius 2 is 1.62 bits per heavy atom. The molecule has 2 atom stereocenters. The molecule has 0 radical (unpaired) electrons. The summed E-state index contributed by atoms with van der Waals surface area (Å²) in [5, 5.41) is 29.5. The van der Waals surface area contributed by atoms with Gasteiger partial charge in [-0.1, -0.05) is 35.9 Å². The monoisotopic (exact) mass is 890 g/mol. The molecule has 2 unspecified atom stereocenters. The van der Waals surface area contributed by atoms with Crippen molar-refractivity contribution in [2.45, 2.75) is 75.4 Å². The van der Waals surface area contributed by atoms with Crippen molar-refractivity contribution < 1.29 is 53.3 Å². The van der Waals surface area contributed by atoms with E-state index >= 15 is 0 Å². The second-order valence-electron chi connectivity index (χ2n) is 16.3. The number of nitrogens with zero attached hydrogens (tertiary/aromatic N) is 3. The van der Waals surface area contributed by atoms with Crippen LogP contribution in [0.1, 0.15) is 97.6 Å². The highest BCUT2D eigenvalue weighted by Gasteiger charge is 2.47. The molecule has 7 amide bonds. The zero-order valence-corrected chi connectivity index (χ0v) is 35.1. The molecule has 0 saturated carbocycles. The summed E-state index contributed by atoms with van der Waals surface area (Å²) in [5.74, 6) is -5.09. The van der Waals surface area contributed by atoms with E-state index in [9.17, 15) is 48.6 Å². The van der Waals surface area contributed by atoms with Gasteiger partial charge in [0.2, 0.25) is 17.7 Å². The van der Waals surface area contributed by atoms with E-state index in [1.165, 1.54) is 18.3 Å². The minimum atomic E-state index is -1.65. The molecule has 330 valence electrons. The number of aromatic hydroxyl groups is 1. The molecule has 4 aliphatic rings. The fraction of sp³-hybridized carbons (Fsp3) is 0.326. The summed E-state index contributed by atoms with van der Waals surface area (Å²) in [6.07, 6.45) is 3.83. The van der Waals surface area contributed by atoms with Gasteiger partial charge in [0, 0.05) is 67.2 Å². The van der Waals surface area contributed by atoms with Crippen LogP contribution >= 0.6 is 11.6 Å². The molecule has 0 bridgehead atoms. The SMILES string of the molecule is O=C1CCC(N2C(=O)c3cccc(OCCCCC(=O)N4CCC(NC(=O)c5ccc(-c6ccnc(C(=O)NC7(C(=O)O)Cc8ccc(Cl)cc8C7)c6O)cc5)CC4)c3C2=O)C(=O)N1. The lowest BCUT2D eigenvalue weighted by molar-refractivity contribution is -0.144. The number of likely N-dealkylation sites (tertiary alicyclic amines) is 1. The van der Waals surface area contributed by atoms with Gasteiger partial charge in [-0.25, -0.2) is 9.78 Å². The van der Waals surface area contributed by atoms with E-state index in [-0.39, 0.29) is 84.7 Å². The molecule has 2 saturated heterocycles. The number of carboxylic acid groups (broad SMARTS) is 1. The van der Waals surface area contributed by atoms with Crippen LogP contribution in [0.4, 0.5) is 0 Å². The number of amides is 7. The highest BCUT2D eigenvalue weighted by Crippen LogP contribution is 2.36. The molecule has 8 rings (SSSR count). The summed E-state index contributed by atoms with van der Waals surface area (Å²) in [6.45, 7) is 1.10. The number of aromatic nitrogens is 1. The van der Waals surface area contributed by atoms with Gasteiger partial charge in [-0.3, -0.25) is 43.8 Å². The fourth-order valence-corrected chi connectivity index (χ4v) is 8.93. The number of carbonyl (C=O) groups is 8. The molecule has 0 spiro atoms. The van der Waals surface area contributed by atoms with Crippen LogP contribution in [0, 0.1) is 0 Å². The number of piperidine rings is 2. The maximum absolute atomic E-state index is 13.4. The van der Waals surface area contributed by atoms with E-state index in [2.05, 4.69) is 20.9 Å². The Labute approximate surface area is 371 Å². The van der Waals surface area contributed by atoms with Crippen LogP contribution in [0.25, 0.3) is 11.1 Å². The first-order valence-corrected chi connectivity index (χ1v) is 21.3. The molecule has 4 heterocycles. The first-order valence-electron chi connectivity index (χ1n) is 20.9. The number of benzene rings is 3. The third-order valence-electron chi connectivity index (χ3n) is 12.2. The summed E-state index contributed by atoms with van der Waals surface area (Å²) in [4.78, 5) is 109. The van der Waals surface area contributed by atoms with Crippen molar-refractivity contribution >= 4 is 58.9 Å². The van der Waals surface area contributed by atoms with Crippen molar-refractivity contribution in [2.24, 2.45) is 0 Å². The number of pyridine rings is 1. The number of imide groups is 2. The Hall–Kier alpha value is -7.14. The van der Waals surface area contributed by atoms with Gasteiger partial charge in [0.05, 0.1) is 17.7 Å². The Bertz CT molecular complexity index is 2610. The molecular weight excluding hydrogens is 848 g/mol. The lowest BCUT2D eigenvalue weighted by Gasteiger charge is -2.32. The van der Waals surface area contributed by atoms with E-state index in [0.29, 0.717) is 60.5 Å². The molecule has 1 aromatic heterocycles. The third-order valence-corrected chi connectivity index (χ3v) is 12.4. The molecule has 18 heteroatoms. The topological polar surface area (TPSA) is 242 Å². The Morgan fingerprint density at radius 3 is 2.36 bits per heavy atom. The first-order chi connectivity index (χ1) is 30.7. The van der Waals surface area contributed by atoms with Crippen LogP contribution in [-0.4, -0.2) is 110 Å². The summed E-state index contributed by atoms with van der Waals surface area (Å²) >= 11 is 6.11. The molecule has 5 N–H and O–H groups in total. The predicted octanol–water partition coefficient (Wildman–Crippen LogP) is 3.83. The number of unbranched alkanes of at least 4 members (excludes halogenated alkanes) is 1. The number of rotatable bonds is 13. The van der Waals surface area contributed by atoms with Gasteiger partial charge >= 0.3 is 5.97 Å². The number of hydrogen-bond donors (Lipinski definition) is 5. The van der Waals surface area contributed by atoms with Gasteiger partial charge in [0.25, 0.3) is 23.6 Å². The lowest BCUT2D eigenvalue weighted by Crippen LogP contribution is -2.55.